The summed E-state index contributed by atoms with van der Waals surface area (Å²) in [7, 11) is 0. The molecule has 2 rings (SSSR count). The number of nitrogens with two attached hydrogens (primary N) is 1. The molecule has 1 atom stereocenters. The summed E-state index contributed by atoms with van der Waals surface area (Å²) in [6.45, 7) is 6.38. The summed E-state index contributed by atoms with van der Waals surface area (Å²) in [6.07, 6.45) is 0. The van der Waals surface area contributed by atoms with Crippen molar-refractivity contribution in [1.29, 1.82) is 0 Å². The fourth-order valence-electron chi connectivity index (χ4n) is 2.63. The van der Waals surface area contributed by atoms with Crippen molar-refractivity contribution in [2.45, 2.75) is 26.8 Å². The molecule has 0 radical (unpaired) electrons. The average Bonchev–Trinajstić information content (AvgIpc) is 2.52. The number of carbonyl (C=O) groups excluding carboxylic acids is 1. The van der Waals surface area contributed by atoms with Crippen LogP contribution >= 0.6 is 11.6 Å². The Bertz CT molecular complexity index is 701. The number of anilines is 1. The Hall–Kier alpha value is -1.91. The van der Waals surface area contributed by atoms with E-state index in [4.69, 9.17) is 11.6 Å². The zero-order valence-electron chi connectivity index (χ0n) is 14.1. The first-order valence-electron chi connectivity index (χ1n) is 8.01. The molecule has 128 valence electrons. The van der Waals surface area contributed by atoms with Crippen LogP contribution in [0.5, 0.6) is 0 Å². The summed E-state index contributed by atoms with van der Waals surface area (Å²) in [4.78, 5) is 12.2. The van der Waals surface area contributed by atoms with Gasteiger partial charge >= 0.3 is 0 Å². The topological polar surface area (TPSA) is 45.7 Å². The van der Waals surface area contributed by atoms with Gasteiger partial charge in [0.1, 0.15) is 11.9 Å². The summed E-state index contributed by atoms with van der Waals surface area (Å²) in [5.74, 6) is -0.0623. The lowest BCUT2D eigenvalue weighted by Crippen LogP contribution is -2.88. The monoisotopic (exact) mass is 349 g/mol. The first-order valence-corrected chi connectivity index (χ1v) is 8.39. The summed E-state index contributed by atoms with van der Waals surface area (Å²) >= 11 is 6.14. The molecule has 3 nitrogen and oxygen atoms in total. The van der Waals surface area contributed by atoms with Gasteiger partial charge in [0.25, 0.3) is 5.91 Å². The third-order valence-corrected chi connectivity index (χ3v) is 4.24. The number of benzene rings is 2. The molecule has 24 heavy (non-hydrogen) atoms. The number of nitrogens with one attached hydrogen (secondary N) is 1. The summed E-state index contributed by atoms with van der Waals surface area (Å²) in [5.41, 5.74) is 2.66. The van der Waals surface area contributed by atoms with Gasteiger partial charge < -0.3 is 10.6 Å². The molecule has 0 aliphatic heterocycles. The number of carbonyl (C=O) groups is 1. The van der Waals surface area contributed by atoms with Crippen molar-refractivity contribution in [3.8, 4) is 0 Å². The summed E-state index contributed by atoms with van der Waals surface area (Å²) < 4.78 is 13.1. The van der Waals surface area contributed by atoms with Crippen molar-refractivity contribution in [3.05, 3.63) is 64.4 Å². The predicted molar refractivity (Wildman–Crippen MR) is 95.6 cm³/mol. The van der Waals surface area contributed by atoms with Crippen LogP contribution in [0.1, 0.15) is 31.0 Å². The highest BCUT2D eigenvalue weighted by Gasteiger charge is 2.20. The van der Waals surface area contributed by atoms with Crippen LogP contribution in [0.25, 0.3) is 0 Å². The molecule has 3 N–H and O–H groups in total. The molecular weight excluding hydrogens is 327 g/mol. The second-order valence-corrected chi connectivity index (χ2v) is 6.70. The standard InChI is InChI=1S/C19H22ClFN2O/c1-12(2)19(14-5-7-15(21)8-6-14)22-11-18(24)23-17-9-4-13(3)10-16(17)20/h4-10,12,19,22H,11H2,1-3H3,(H,23,24)/p+1/t19-/m1/s1. The van der Waals surface area contributed by atoms with E-state index < -0.39 is 0 Å². The van der Waals surface area contributed by atoms with Gasteiger partial charge in [0.05, 0.1) is 10.7 Å². The van der Waals surface area contributed by atoms with Crippen molar-refractivity contribution in [2.75, 3.05) is 11.9 Å². The minimum absolute atomic E-state index is 0.0878. The van der Waals surface area contributed by atoms with Gasteiger partial charge in [-0.3, -0.25) is 4.79 Å². The maximum atomic E-state index is 13.1. The highest BCUT2D eigenvalue weighted by molar-refractivity contribution is 6.33. The SMILES string of the molecule is Cc1ccc(NC(=O)C[NH2+][C@@H](c2ccc(F)cc2)C(C)C)c(Cl)c1. The van der Waals surface area contributed by atoms with Crippen molar-refractivity contribution in [1.82, 2.24) is 0 Å². The fourth-order valence-corrected chi connectivity index (χ4v) is 2.92. The van der Waals surface area contributed by atoms with Crippen LogP contribution in [0.4, 0.5) is 10.1 Å². The quantitative estimate of drug-likeness (QED) is 0.821. The molecule has 2 aromatic rings. The molecule has 5 heteroatoms. The number of halogens is 2. The number of quaternary nitrogens is 1. The van der Waals surface area contributed by atoms with Crippen LogP contribution in [0.15, 0.2) is 42.5 Å². The molecule has 0 unspecified atom stereocenters. The van der Waals surface area contributed by atoms with Crippen molar-refractivity contribution < 1.29 is 14.5 Å². The van der Waals surface area contributed by atoms with Gasteiger partial charge in [0.2, 0.25) is 0 Å². The van der Waals surface area contributed by atoms with Crippen molar-refractivity contribution in [3.63, 3.8) is 0 Å². The van der Waals surface area contributed by atoms with Crippen molar-refractivity contribution in [2.24, 2.45) is 5.92 Å². The average molecular weight is 350 g/mol. The number of hydrogen-bond donors (Lipinski definition) is 2. The molecule has 0 heterocycles. The van der Waals surface area contributed by atoms with Crippen LogP contribution in [0, 0.1) is 18.7 Å². The van der Waals surface area contributed by atoms with Gasteiger partial charge in [-0.2, -0.15) is 0 Å². The number of amides is 1. The highest BCUT2D eigenvalue weighted by atomic mass is 35.5. The molecule has 0 saturated heterocycles. The Balaban J connectivity index is 1.98. The Kier molecular flexibility index (Phi) is 6.35. The molecule has 0 spiro atoms. The van der Waals surface area contributed by atoms with E-state index >= 15 is 0 Å². The lowest BCUT2D eigenvalue weighted by Gasteiger charge is -2.19. The van der Waals surface area contributed by atoms with E-state index in [1.807, 2.05) is 24.4 Å². The van der Waals surface area contributed by atoms with E-state index in [9.17, 15) is 9.18 Å². The van der Waals surface area contributed by atoms with Gasteiger partial charge in [-0.1, -0.05) is 43.6 Å². The van der Waals surface area contributed by atoms with E-state index in [0.29, 0.717) is 16.6 Å². The van der Waals surface area contributed by atoms with Gasteiger partial charge in [-0.05, 0) is 36.8 Å². The molecular formula is C19H23ClFN2O+. The van der Waals surface area contributed by atoms with Crippen LogP contribution in [-0.2, 0) is 4.79 Å². The van der Waals surface area contributed by atoms with Gasteiger partial charge in [-0.15, -0.1) is 0 Å². The number of rotatable bonds is 6. The molecule has 1 amide bonds. The van der Waals surface area contributed by atoms with E-state index in [1.54, 1.807) is 18.2 Å². The largest absolute Gasteiger partial charge is 0.332 e. The lowest BCUT2D eigenvalue weighted by molar-refractivity contribution is -0.692. The smallest absolute Gasteiger partial charge is 0.279 e. The minimum atomic E-state index is -0.256. The normalized spacial score (nSPS) is 12.2. The minimum Gasteiger partial charge on any atom is -0.332 e. The lowest BCUT2D eigenvalue weighted by atomic mass is 9.96. The molecule has 0 bridgehead atoms. The zero-order valence-corrected chi connectivity index (χ0v) is 14.9. The first kappa shape index (κ1) is 18.4. The highest BCUT2D eigenvalue weighted by Crippen LogP contribution is 2.22. The Labute approximate surface area is 147 Å². The Morgan fingerprint density at radius 3 is 2.46 bits per heavy atom. The van der Waals surface area contributed by atoms with Gasteiger partial charge in [-0.25, -0.2) is 4.39 Å². The van der Waals surface area contributed by atoms with Gasteiger partial charge in [0, 0.05) is 11.5 Å². The second kappa shape index (κ2) is 8.27. The van der Waals surface area contributed by atoms with E-state index in [1.165, 1.54) is 12.1 Å². The van der Waals surface area contributed by atoms with Crippen LogP contribution in [0.3, 0.4) is 0 Å². The van der Waals surface area contributed by atoms with Crippen molar-refractivity contribution >= 4 is 23.2 Å². The Morgan fingerprint density at radius 1 is 1.21 bits per heavy atom. The molecule has 2 aromatic carbocycles. The van der Waals surface area contributed by atoms with E-state index in [0.717, 1.165) is 11.1 Å². The number of hydrogen-bond acceptors (Lipinski definition) is 1. The Morgan fingerprint density at radius 2 is 1.88 bits per heavy atom. The second-order valence-electron chi connectivity index (χ2n) is 6.29. The molecule has 0 aliphatic carbocycles. The molecule has 0 aromatic heterocycles. The maximum Gasteiger partial charge on any atom is 0.279 e. The zero-order chi connectivity index (χ0) is 17.7. The maximum absolute atomic E-state index is 13.1. The van der Waals surface area contributed by atoms with Crippen LogP contribution in [-0.4, -0.2) is 12.5 Å². The molecule has 0 fully saturated rings. The van der Waals surface area contributed by atoms with Gasteiger partial charge in [0.15, 0.2) is 6.54 Å². The predicted octanol–water partition coefficient (Wildman–Crippen LogP) is 3.69. The first-order chi connectivity index (χ1) is 11.4. The molecule has 0 saturated carbocycles. The third kappa shape index (κ3) is 5.05. The third-order valence-electron chi connectivity index (χ3n) is 3.93. The van der Waals surface area contributed by atoms with Crippen LogP contribution in [0.2, 0.25) is 5.02 Å². The summed E-state index contributed by atoms with van der Waals surface area (Å²) in [5, 5.41) is 5.33. The summed E-state index contributed by atoms with van der Waals surface area (Å²) in [6, 6.07) is 12.0. The number of aryl methyl sites for hydroxylation is 1. The van der Waals surface area contributed by atoms with E-state index in [-0.39, 0.29) is 24.3 Å². The van der Waals surface area contributed by atoms with E-state index in [2.05, 4.69) is 19.2 Å². The fraction of sp³-hybridized carbons (Fsp3) is 0.316. The van der Waals surface area contributed by atoms with Crippen LogP contribution < -0.4 is 10.6 Å². The molecule has 0 aliphatic rings.